The van der Waals surface area contributed by atoms with Crippen molar-refractivity contribution in [1.29, 1.82) is 0 Å². The van der Waals surface area contributed by atoms with Gasteiger partial charge in [-0.15, -0.1) is 0 Å². The molecule has 1 fully saturated rings. The molecule has 1 amide bonds. The first kappa shape index (κ1) is 19.3. The lowest BCUT2D eigenvalue weighted by Crippen LogP contribution is -2.48. The van der Waals surface area contributed by atoms with Gasteiger partial charge in [0.25, 0.3) is 5.91 Å². The Bertz CT molecular complexity index is 746. The number of carbonyl (C=O) groups is 1. The number of benzene rings is 2. The average molecular weight is 371 g/mol. The van der Waals surface area contributed by atoms with E-state index in [0.717, 1.165) is 39.3 Å². The molecule has 0 atom stereocenters. The van der Waals surface area contributed by atoms with Crippen molar-refractivity contribution in [3.63, 3.8) is 0 Å². The molecule has 0 spiro atoms. The zero-order valence-corrected chi connectivity index (χ0v) is 15.7. The number of methoxy groups -OCH3 is 1. The van der Waals surface area contributed by atoms with E-state index in [1.807, 2.05) is 6.07 Å². The van der Waals surface area contributed by atoms with Gasteiger partial charge in [-0.05, 0) is 23.8 Å². The number of halogens is 1. The molecular weight excluding hydrogens is 345 g/mol. The van der Waals surface area contributed by atoms with Gasteiger partial charge in [0, 0.05) is 45.8 Å². The van der Waals surface area contributed by atoms with E-state index in [4.69, 9.17) is 4.74 Å². The number of nitrogens with one attached hydrogen (secondary N) is 1. The van der Waals surface area contributed by atoms with Crippen molar-refractivity contribution in [2.45, 2.75) is 6.54 Å². The molecule has 1 saturated heterocycles. The third-order valence-electron chi connectivity index (χ3n) is 4.83. The maximum atomic E-state index is 13.4. The number of hydrogen-bond donors (Lipinski definition) is 1. The molecule has 0 aliphatic carbocycles. The average Bonchev–Trinajstić information content (AvgIpc) is 2.70. The van der Waals surface area contributed by atoms with Crippen LogP contribution in [0.3, 0.4) is 0 Å². The summed E-state index contributed by atoms with van der Waals surface area (Å²) in [5.41, 5.74) is 1.56. The van der Waals surface area contributed by atoms with Crippen molar-refractivity contribution in [3.8, 4) is 5.75 Å². The number of piperazine rings is 1. The summed E-state index contributed by atoms with van der Waals surface area (Å²) in [4.78, 5) is 17.1. The SMILES string of the molecule is COc1ccc(F)cc1C(=O)NCCN1CCN(Cc2ccccc2)CC1. The predicted octanol–water partition coefficient (Wildman–Crippen LogP) is 2.38. The topological polar surface area (TPSA) is 44.8 Å². The Morgan fingerprint density at radius 2 is 1.78 bits per heavy atom. The first-order chi connectivity index (χ1) is 13.2. The fraction of sp³-hybridized carbons (Fsp3) is 0.381. The Kier molecular flexibility index (Phi) is 6.79. The Balaban J connectivity index is 1.40. The minimum Gasteiger partial charge on any atom is -0.496 e. The third kappa shape index (κ3) is 5.52. The zero-order chi connectivity index (χ0) is 19.1. The number of carbonyl (C=O) groups excluding carboxylic acids is 1. The highest BCUT2D eigenvalue weighted by atomic mass is 19.1. The van der Waals surface area contributed by atoms with Crippen LogP contribution in [0.1, 0.15) is 15.9 Å². The van der Waals surface area contributed by atoms with Crippen molar-refractivity contribution < 1.29 is 13.9 Å². The van der Waals surface area contributed by atoms with Crippen LogP contribution >= 0.6 is 0 Å². The molecule has 3 rings (SSSR count). The zero-order valence-electron chi connectivity index (χ0n) is 15.7. The van der Waals surface area contributed by atoms with Crippen LogP contribution in [0.25, 0.3) is 0 Å². The molecule has 1 aliphatic heterocycles. The number of amides is 1. The molecule has 6 heteroatoms. The molecule has 2 aromatic carbocycles. The molecule has 5 nitrogen and oxygen atoms in total. The lowest BCUT2D eigenvalue weighted by atomic mass is 10.2. The molecule has 1 N–H and O–H groups in total. The van der Waals surface area contributed by atoms with Crippen LogP contribution in [-0.4, -0.2) is 62.1 Å². The van der Waals surface area contributed by atoms with Gasteiger partial charge in [-0.25, -0.2) is 4.39 Å². The van der Waals surface area contributed by atoms with Crippen molar-refractivity contribution in [1.82, 2.24) is 15.1 Å². The van der Waals surface area contributed by atoms with E-state index in [1.54, 1.807) is 0 Å². The molecular formula is C21H26FN3O2. The summed E-state index contributed by atoms with van der Waals surface area (Å²) in [6.45, 7) is 6.27. The van der Waals surface area contributed by atoms with E-state index in [0.29, 0.717) is 12.3 Å². The van der Waals surface area contributed by atoms with Crippen LogP contribution in [0.2, 0.25) is 0 Å². The lowest BCUT2D eigenvalue weighted by Gasteiger charge is -2.34. The van der Waals surface area contributed by atoms with E-state index in [1.165, 1.54) is 30.9 Å². The highest BCUT2D eigenvalue weighted by molar-refractivity contribution is 5.96. The molecule has 1 aliphatic rings. The summed E-state index contributed by atoms with van der Waals surface area (Å²) in [6.07, 6.45) is 0. The minimum atomic E-state index is -0.449. The molecule has 0 aromatic heterocycles. The first-order valence-electron chi connectivity index (χ1n) is 9.26. The van der Waals surface area contributed by atoms with Crippen molar-refractivity contribution in [3.05, 3.63) is 65.5 Å². The van der Waals surface area contributed by atoms with E-state index >= 15 is 0 Å². The normalized spacial score (nSPS) is 15.5. The summed E-state index contributed by atoms with van der Waals surface area (Å²) in [5.74, 6) is -0.382. The summed E-state index contributed by atoms with van der Waals surface area (Å²) in [5, 5.41) is 2.86. The monoisotopic (exact) mass is 371 g/mol. The van der Waals surface area contributed by atoms with E-state index in [-0.39, 0.29) is 11.5 Å². The van der Waals surface area contributed by atoms with E-state index in [9.17, 15) is 9.18 Å². The van der Waals surface area contributed by atoms with Crippen molar-refractivity contribution >= 4 is 5.91 Å². The first-order valence-corrected chi connectivity index (χ1v) is 9.26. The van der Waals surface area contributed by atoms with Gasteiger partial charge in [-0.2, -0.15) is 0 Å². The standard InChI is InChI=1S/C21H26FN3O2/c1-27-20-8-7-18(22)15-19(20)21(26)23-9-10-24-11-13-25(14-12-24)16-17-5-3-2-4-6-17/h2-8,15H,9-14,16H2,1H3,(H,23,26). The molecule has 144 valence electrons. The van der Waals surface area contributed by atoms with Gasteiger partial charge in [0.15, 0.2) is 0 Å². The van der Waals surface area contributed by atoms with Gasteiger partial charge in [-0.3, -0.25) is 14.6 Å². The molecule has 27 heavy (non-hydrogen) atoms. The second kappa shape index (κ2) is 9.48. The second-order valence-electron chi connectivity index (χ2n) is 6.70. The molecule has 0 bridgehead atoms. The van der Waals surface area contributed by atoms with Crippen LogP contribution in [0.15, 0.2) is 48.5 Å². The number of rotatable bonds is 7. The van der Waals surface area contributed by atoms with Crippen LogP contribution in [0.5, 0.6) is 5.75 Å². The van der Waals surface area contributed by atoms with Gasteiger partial charge >= 0.3 is 0 Å². The quantitative estimate of drug-likeness (QED) is 0.812. The molecule has 2 aromatic rings. The Morgan fingerprint density at radius 3 is 2.48 bits per heavy atom. The Hall–Kier alpha value is -2.44. The maximum absolute atomic E-state index is 13.4. The minimum absolute atomic E-state index is 0.227. The summed E-state index contributed by atoms with van der Waals surface area (Å²) in [6, 6.07) is 14.4. The molecule has 1 heterocycles. The Labute approximate surface area is 159 Å². The van der Waals surface area contributed by atoms with Crippen LogP contribution in [0, 0.1) is 5.82 Å². The van der Waals surface area contributed by atoms with Gasteiger partial charge in [0.05, 0.1) is 12.7 Å². The fourth-order valence-corrected chi connectivity index (χ4v) is 3.29. The van der Waals surface area contributed by atoms with Gasteiger partial charge in [0.1, 0.15) is 11.6 Å². The third-order valence-corrected chi connectivity index (χ3v) is 4.83. The molecule has 0 saturated carbocycles. The van der Waals surface area contributed by atoms with Crippen LogP contribution in [-0.2, 0) is 6.54 Å². The highest BCUT2D eigenvalue weighted by Gasteiger charge is 2.18. The largest absolute Gasteiger partial charge is 0.496 e. The summed E-state index contributed by atoms with van der Waals surface area (Å²) >= 11 is 0. The van der Waals surface area contributed by atoms with Crippen LogP contribution < -0.4 is 10.1 Å². The van der Waals surface area contributed by atoms with Gasteiger partial charge in [0.2, 0.25) is 0 Å². The van der Waals surface area contributed by atoms with E-state index < -0.39 is 5.82 Å². The summed E-state index contributed by atoms with van der Waals surface area (Å²) in [7, 11) is 1.47. The maximum Gasteiger partial charge on any atom is 0.255 e. The highest BCUT2D eigenvalue weighted by Crippen LogP contribution is 2.19. The second-order valence-corrected chi connectivity index (χ2v) is 6.70. The van der Waals surface area contributed by atoms with Gasteiger partial charge in [-0.1, -0.05) is 30.3 Å². The summed E-state index contributed by atoms with van der Waals surface area (Å²) < 4.78 is 18.5. The fourth-order valence-electron chi connectivity index (χ4n) is 3.29. The van der Waals surface area contributed by atoms with E-state index in [2.05, 4.69) is 39.4 Å². The lowest BCUT2D eigenvalue weighted by molar-refractivity contribution is 0.0930. The Morgan fingerprint density at radius 1 is 1.07 bits per heavy atom. The predicted molar refractivity (Wildman–Crippen MR) is 103 cm³/mol. The molecule has 0 unspecified atom stereocenters. The molecule has 0 radical (unpaired) electrons. The van der Waals surface area contributed by atoms with Crippen molar-refractivity contribution in [2.24, 2.45) is 0 Å². The van der Waals surface area contributed by atoms with Crippen LogP contribution in [0.4, 0.5) is 4.39 Å². The van der Waals surface area contributed by atoms with Crippen molar-refractivity contribution in [2.75, 3.05) is 46.4 Å². The number of ether oxygens (including phenoxy) is 1. The number of hydrogen-bond acceptors (Lipinski definition) is 4. The number of nitrogens with zero attached hydrogens (tertiary/aromatic N) is 2. The van der Waals surface area contributed by atoms with Gasteiger partial charge < -0.3 is 10.1 Å². The smallest absolute Gasteiger partial charge is 0.255 e.